The Balaban J connectivity index is 1.58. The Morgan fingerprint density at radius 1 is 1.31 bits per heavy atom. The van der Waals surface area contributed by atoms with E-state index < -0.39 is 5.97 Å². The summed E-state index contributed by atoms with van der Waals surface area (Å²) in [6, 6.07) is 9.30. The van der Waals surface area contributed by atoms with E-state index in [2.05, 4.69) is 28.7 Å². The van der Waals surface area contributed by atoms with E-state index in [1.807, 2.05) is 24.3 Å². The Labute approximate surface area is 152 Å². The number of carbonyl (C=O) groups is 1. The predicted molar refractivity (Wildman–Crippen MR) is 99.5 cm³/mol. The first-order valence-electron chi connectivity index (χ1n) is 8.22. The molecule has 0 amide bonds. The highest BCUT2D eigenvalue weighted by molar-refractivity contribution is 5.89. The summed E-state index contributed by atoms with van der Waals surface area (Å²) in [4.78, 5) is 10.9. The van der Waals surface area contributed by atoms with E-state index in [-0.39, 0.29) is 5.76 Å². The minimum Gasteiger partial charge on any atom is -0.492 e. The van der Waals surface area contributed by atoms with Crippen molar-refractivity contribution in [2.45, 2.75) is 13.0 Å². The van der Waals surface area contributed by atoms with Gasteiger partial charge >= 0.3 is 5.97 Å². The molecular formula is C21H19NO4. The quantitative estimate of drug-likeness (QED) is 0.474. The van der Waals surface area contributed by atoms with E-state index in [4.69, 9.17) is 14.6 Å². The molecule has 5 heteroatoms. The zero-order valence-corrected chi connectivity index (χ0v) is 14.4. The van der Waals surface area contributed by atoms with Crippen molar-refractivity contribution in [1.82, 2.24) is 4.57 Å². The third-order valence-electron chi connectivity index (χ3n) is 4.01. The molecule has 1 aromatic heterocycles. The number of allylic oxidation sites excluding steroid dienone is 1. The normalized spacial score (nSPS) is 12.6. The lowest BCUT2D eigenvalue weighted by Gasteiger charge is -2.10. The Kier molecular flexibility index (Phi) is 5.45. The van der Waals surface area contributed by atoms with Crippen molar-refractivity contribution >= 4 is 18.1 Å². The van der Waals surface area contributed by atoms with Gasteiger partial charge in [0, 0.05) is 18.3 Å². The van der Waals surface area contributed by atoms with Gasteiger partial charge in [-0.25, -0.2) is 4.79 Å². The summed E-state index contributed by atoms with van der Waals surface area (Å²) in [7, 11) is 1.33. The average Bonchev–Trinajstić information content (AvgIpc) is 2.87. The molecule has 1 N–H and O–H groups in total. The van der Waals surface area contributed by atoms with Crippen molar-refractivity contribution in [3.63, 3.8) is 0 Å². The van der Waals surface area contributed by atoms with Crippen LogP contribution in [-0.4, -0.2) is 29.4 Å². The molecule has 0 saturated heterocycles. The van der Waals surface area contributed by atoms with E-state index in [0.717, 1.165) is 30.0 Å². The monoisotopic (exact) mass is 349 g/mol. The maximum atomic E-state index is 10.9. The maximum absolute atomic E-state index is 10.9. The van der Waals surface area contributed by atoms with Gasteiger partial charge in [-0.05, 0) is 47.6 Å². The van der Waals surface area contributed by atoms with Gasteiger partial charge in [-0.1, -0.05) is 24.0 Å². The van der Waals surface area contributed by atoms with E-state index >= 15 is 0 Å². The van der Waals surface area contributed by atoms with Crippen LogP contribution in [0.4, 0.5) is 0 Å². The number of hydrogen-bond acceptors (Lipinski definition) is 3. The van der Waals surface area contributed by atoms with Crippen LogP contribution in [-0.2, 0) is 22.5 Å². The number of methoxy groups -OCH3 is 1. The number of carboxylic acid groups (broad SMARTS) is 1. The molecule has 1 aliphatic carbocycles. The summed E-state index contributed by atoms with van der Waals surface area (Å²) >= 11 is 0. The Morgan fingerprint density at radius 2 is 2.12 bits per heavy atom. The number of carboxylic acids is 1. The fraction of sp³-hybridized carbons (Fsp3) is 0.190. The van der Waals surface area contributed by atoms with Crippen molar-refractivity contribution in [2.24, 2.45) is 0 Å². The number of aromatic nitrogens is 1. The molecule has 0 bridgehead atoms. The third-order valence-corrected chi connectivity index (χ3v) is 4.01. The highest BCUT2D eigenvalue weighted by atomic mass is 16.5. The van der Waals surface area contributed by atoms with Crippen LogP contribution >= 0.6 is 0 Å². The standard InChI is InChI=1S/C21H19NO4/c1-25-20(21(23)24)15-16-7-9-18(10-8-16)26-14-13-22-12-11-17-5-3-2-4-6-19(17)22/h4,6-12,15H,5,13-14H2,1H3,(H,23,24)/b20-15-. The van der Waals surface area contributed by atoms with Gasteiger partial charge in [0.05, 0.1) is 13.7 Å². The van der Waals surface area contributed by atoms with E-state index in [1.54, 1.807) is 12.1 Å². The SMILES string of the molecule is CO/C(=C\c1ccc(OCCn2ccc3c2C=CC#CC3)cc1)C(=O)O. The van der Waals surface area contributed by atoms with Gasteiger partial charge in [0.15, 0.2) is 0 Å². The molecule has 0 fully saturated rings. The molecule has 0 radical (unpaired) electrons. The molecule has 132 valence electrons. The number of nitrogens with zero attached hydrogens (tertiary/aromatic N) is 1. The molecule has 3 rings (SSSR count). The third kappa shape index (κ3) is 4.17. The van der Waals surface area contributed by atoms with Crippen LogP contribution in [0.3, 0.4) is 0 Å². The van der Waals surface area contributed by atoms with Crippen molar-refractivity contribution in [3.8, 4) is 17.6 Å². The number of hydrogen-bond donors (Lipinski definition) is 1. The molecule has 5 nitrogen and oxygen atoms in total. The second-order valence-electron chi connectivity index (χ2n) is 5.69. The van der Waals surface area contributed by atoms with Gasteiger partial charge in [0.25, 0.3) is 0 Å². The fourth-order valence-electron chi connectivity index (χ4n) is 2.68. The Morgan fingerprint density at radius 3 is 2.85 bits per heavy atom. The van der Waals surface area contributed by atoms with E-state index in [1.165, 1.54) is 18.7 Å². The van der Waals surface area contributed by atoms with Crippen molar-refractivity contribution < 1.29 is 19.4 Å². The van der Waals surface area contributed by atoms with Crippen molar-refractivity contribution in [1.29, 1.82) is 0 Å². The van der Waals surface area contributed by atoms with Crippen LogP contribution < -0.4 is 4.74 Å². The molecule has 0 saturated carbocycles. The highest BCUT2D eigenvalue weighted by Gasteiger charge is 2.08. The minimum absolute atomic E-state index is 0.107. The van der Waals surface area contributed by atoms with Crippen LogP contribution in [0.2, 0.25) is 0 Å². The van der Waals surface area contributed by atoms with Crippen molar-refractivity contribution in [3.05, 3.63) is 65.2 Å². The van der Waals surface area contributed by atoms with Gasteiger partial charge in [-0.2, -0.15) is 0 Å². The second kappa shape index (κ2) is 8.13. The van der Waals surface area contributed by atoms with Gasteiger partial charge in [-0.15, -0.1) is 0 Å². The van der Waals surface area contributed by atoms with Gasteiger partial charge in [-0.3, -0.25) is 0 Å². The largest absolute Gasteiger partial charge is 0.492 e. The molecule has 0 unspecified atom stereocenters. The van der Waals surface area contributed by atoms with Crippen LogP contribution in [0.5, 0.6) is 5.75 Å². The van der Waals surface area contributed by atoms with E-state index in [9.17, 15) is 4.79 Å². The minimum atomic E-state index is -1.10. The molecule has 0 spiro atoms. The lowest BCUT2D eigenvalue weighted by Crippen LogP contribution is -2.09. The van der Waals surface area contributed by atoms with Gasteiger partial charge in [0.2, 0.25) is 5.76 Å². The number of aliphatic carboxylic acids is 1. The number of ether oxygens (including phenoxy) is 2. The summed E-state index contributed by atoms with van der Waals surface area (Å²) < 4.78 is 12.8. The molecular weight excluding hydrogens is 330 g/mol. The first-order chi connectivity index (χ1) is 12.7. The Hall–Kier alpha value is -3.39. The molecule has 1 aliphatic rings. The number of fused-ring (bicyclic) bond motifs is 1. The smallest absolute Gasteiger partial charge is 0.371 e. The lowest BCUT2D eigenvalue weighted by atomic mass is 10.2. The van der Waals surface area contributed by atoms with Crippen LogP contribution in [0.15, 0.2) is 48.4 Å². The topological polar surface area (TPSA) is 60.7 Å². The molecule has 0 atom stereocenters. The number of benzene rings is 1. The zero-order chi connectivity index (χ0) is 18.4. The van der Waals surface area contributed by atoms with Crippen LogP contribution in [0.1, 0.15) is 16.8 Å². The molecule has 2 aromatic rings. The zero-order valence-electron chi connectivity index (χ0n) is 14.4. The predicted octanol–water partition coefficient (Wildman–Crippen LogP) is 3.21. The molecule has 1 heterocycles. The molecule has 26 heavy (non-hydrogen) atoms. The lowest BCUT2D eigenvalue weighted by molar-refractivity contribution is -0.135. The summed E-state index contributed by atoms with van der Waals surface area (Å²) in [5.74, 6) is 5.61. The summed E-state index contributed by atoms with van der Waals surface area (Å²) in [6.07, 6.45) is 8.20. The maximum Gasteiger partial charge on any atom is 0.371 e. The molecule has 0 aliphatic heterocycles. The Bertz CT molecular complexity index is 908. The molecule has 1 aromatic carbocycles. The summed E-state index contributed by atoms with van der Waals surface area (Å²) in [5, 5.41) is 8.96. The average molecular weight is 349 g/mol. The highest BCUT2D eigenvalue weighted by Crippen LogP contribution is 2.17. The van der Waals surface area contributed by atoms with Crippen LogP contribution in [0, 0.1) is 11.8 Å². The first kappa shape index (κ1) is 17.4. The van der Waals surface area contributed by atoms with Crippen LogP contribution in [0.25, 0.3) is 12.2 Å². The second-order valence-corrected chi connectivity index (χ2v) is 5.69. The summed E-state index contributed by atoms with van der Waals surface area (Å²) in [5.41, 5.74) is 3.12. The van der Waals surface area contributed by atoms with E-state index in [0.29, 0.717) is 6.61 Å². The number of rotatable bonds is 7. The fourth-order valence-corrected chi connectivity index (χ4v) is 2.68. The summed E-state index contributed by atoms with van der Waals surface area (Å²) in [6.45, 7) is 1.26. The van der Waals surface area contributed by atoms with Gasteiger partial charge < -0.3 is 19.1 Å². The first-order valence-corrected chi connectivity index (χ1v) is 8.22. The van der Waals surface area contributed by atoms with Gasteiger partial charge in [0.1, 0.15) is 12.4 Å². The van der Waals surface area contributed by atoms with Crippen molar-refractivity contribution in [2.75, 3.05) is 13.7 Å².